The van der Waals surface area contributed by atoms with Crippen LogP contribution >= 0.6 is 0 Å². The third-order valence-electron chi connectivity index (χ3n) is 5.83. The second kappa shape index (κ2) is 13.0. The number of hydrogen-bond acceptors (Lipinski definition) is 5. The molecule has 0 aliphatic heterocycles. The van der Waals surface area contributed by atoms with E-state index in [9.17, 15) is 4.79 Å². The fraction of sp³-hybridized carbons (Fsp3) is 0.577. The highest BCUT2D eigenvalue weighted by Crippen LogP contribution is 2.38. The smallest absolute Gasteiger partial charge is 0.333 e. The lowest BCUT2D eigenvalue weighted by atomic mass is 10.0. The molecule has 0 aliphatic carbocycles. The Balaban J connectivity index is 2.84. The van der Waals surface area contributed by atoms with Crippen LogP contribution in [0.15, 0.2) is 48.1 Å². The van der Waals surface area contributed by atoms with E-state index in [1.165, 1.54) is 0 Å². The molecule has 5 nitrogen and oxygen atoms in total. The van der Waals surface area contributed by atoms with Crippen molar-refractivity contribution in [3.8, 4) is 5.75 Å². The van der Waals surface area contributed by atoms with E-state index in [-0.39, 0.29) is 23.0 Å². The maximum atomic E-state index is 12.1. The lowest BCUT2D eigenvalue weighted by Crippen LogP contribution is -2.44. The number of esters is 1. The largest absolute Gasteiger partial charge is 0.497 e. The lowest BCUT2D eigenvalue weighted by Gasteiger charge is -2.39. The summed E-state index contributed by atoms with van der Waals surface area (Å²) in [5.41, 5.74) is 1.70. The predicted molar refractivity (Wildman–Crippen MR) is 133 cm³/mol. The molecule has 0 fully saturated rings. The van der Waals surface area contributed by atoms with E-state index >= 15 is 0 Å². The van der Waals surface area contributed by atoms with Gasteiger partial charge in [0, 0.05) is 11.5 Å². The number of carbonyl (C=O) groups excluding carboxylic acids is 1. The third-order valence-corrected chi connectivity index (χ3v) is 10.3. The Morgan fingerprint density at radius 2 is 1.78 bits per heavy atom. The maximum Gasteiger partial charge on any atom is 0.333 e. The number of rotatable bonds is 12. The van der Waals surface area contributed by atoms with Crippen LogP contribution in [0.3, 0.4) is 0 Å². The van der Waals surface area contributed by atoms with Crippen molar-refractivity contribution in [3.05, 3.63) is 53.6 Å². The van der Waals surface area contributed by atoms with Crippen LogP contribution in [-0.4, -0.2) is 40.7 Å². The van der Waals surface area contributed by atoms with Crippen LogP contribution in [0.25, 0.3) is 0 Å². The zero-order valence-electron chi connectivity index (χ0n) is 21.4. The maximum absolute atomic E-state index is 12.1. The van der Waals surface area contributed by atoms with Gasteiger partial charge in [-0.15, -0.1) is 0 Å². The molecule has 1 aromatic carbocycles. The summed E-state index contributed by atoms with van der Waals surface area (Å²) >= 11 is 0. The van der Waals surface area contributed by atoms with Crippen molar-refractivity contribution in [2.75, 3.05) is 20.3 Å². The molecule has 1 rings (SSSR count). The summed E-state index contributed by atoms with van der Waals surface area (Å²) in [7, 11) is -0.348. The summed E-state index contributed by atoms with van der Waals surface area (Å²) in [6, 6.07) is 7.85. The molecule has 1 aromatic rings. The van der Waals surface area contributed by atoms with Crippen LogP contribution in [0.5, 0.6) is 5.75 Å². The molecule has 180 valence electrons. The highest BCUT2D eigenvalue weighted by molar-refractivity contribution is 6.74. The molecule has 0 unspecified atom stereocenters. The zero-order valence-corrected chi connectivity index (χ0v) is 22.4. The molecule has 0 heterocycles. The number of methoxy groups -OCH3 is 1. The molecular weight excluding hydrogens is 420 g/mol. The Hall–Kier alpha value is -1.89. The van der Waals surface area contributed by atoms with Gasteiger partial charge in [-0.05, 0) is 49.7 Å². The molecular formula is C26H42O5Si. The van der Waals surface area contributed by atoms with Gasteiger partial charge in [-0.25, -0.2) is 4.79 Å². The predicted octanol–water partition coefficient (Wildman–Crippen LogP) is 6.30. The quantitative estimate of drug-likeness (QED) is 0.120. The number of benzene rings is 1. The number of carbonyl (C=O) groups is 1. The van der Waals surface area contributed by atoms with E-state index in [2.05, 4.69) is 46.9 Å². The zero-order chi connectivity index (χ0) is 24.4. The first-order chi connectivity index (χ1) is 14.9. The molecule has 0 N–H and O–H groups in total. The van der Waals surface area contributed by atoms with E-state index in [1.54, 1.807) is 14.0 Å². The summed E-state index contributed by atoms with van der Waals surface area (Å²) in [5, 5.41) is 0.0869. The molecule has 6 heteroatoms. The first-order valence-corrected chi connectivity index (χ1v) is 14.2. The average Bonchev–Trinajstić information content (AvgIpc) is 2.72. The molecule has 32 heavy (non-hydrogen) atoms. The molecule has 2 atom stereocenters. The molecule has 0 saturated heterocycles. The van der Waals surface area contributed by atoms with Crippen molar-refractivity contribution in [3.63, 3.8) is 0 Å². The van der Waals surface area contributed by atoms with Crippen LogP contribution in [0.2, 0.25) is 18.1 Å². The minimum Gasteiger partial charge on any atom is -0.497 e. The average molecular weight is 463 g/mol. The van der Waals surface area contributed by atoms with Gasteiger partial charge in [-0.3, -0.25) is 0 Å². The van der Waals surface area contributed by atoms with E-state index < -0.39 is 8.32 Å². The fourth-order valence-corrected chi connectivity index (χ4v) is 4.12. The Morgan fingerprint density at radius 1 is 1.16 bits per heavy atom. The first-order valence-electron chi connectivity index (χ1n) is 11.3. The normalized spacial score (nSPS) is 15.0. The van der Waals surface area contributed by atoms with Crippen molar-refractivity contribution in [2.24, 2.45) is 5.92 Å². The van der Waals surface area contributed by atoms with E-state index in [0.29, 0.717) is 25.4 Å². The second-order valence-corrected chi connectivity index (χ2v) is 14.3. The van der Waals surface area contributed by atoms with Gasteiger partial charge in [0.25, 0.3) is 0 Å². The monoisotopic (exact) mass is 462 g/mol. The van der Waals surface area contributed by atoms with Gasteiger partial charge in [-0.2, -0.15) is 0 Å². The fourth-order valence-electron chi connectivity index (χ4n) is 2.80. The summed E-state index contributed by atoms with van der Waals surface area (Å²) in [5.74, 6) is 0.572. The van der Waals surface area contributed by atoms with Crippen LogP contribution in [-0.2, 0) is 25.3 Å². The van der Waals surface area contributed by atoms with Gasteiger partial charge in [0.05, 0.1) is 33.0 Å². The SMILES string of the molecule is CCOC(=O)/C(C)=C/[C@@H](C)[C@@H](/C=C/COCc1ccc(OC)cc1)O[Si](C)(C)C(C)(C)C. The molecule has 0 spiro atoms. The van der Waals surface area contributed by atoms with Gasteiger partial charge in [0.2, 0.25) is 0 Å². The molecule has 0 saturated carbocycles. The van der Waals surface area contributed by atoms with Crippen molar-refractivity contribution in [1.82, 2.24) is 0 Å². The lowest BCUT2D eigenvalue weighted by molar-refractivity contribution is -0.138. The van der Waals surface area contributed by atoms with Crippen molar-refractivity contribution >= 4 is 14.3 Å². The Kier molecular flexibility index (Phi) is 11.4. The topological polar surface area (TPSA) is 54.0 Å². The molecule has 0 aliphatic rings. The minimum absolute atomic E-state index is 0.0198. The van der Waals surface area contributed by atoms with Gasteiger partial charge in [0.15, 0.2) is 8.32 Å². The third kappa shape index (κ3) is 9.31. The summed E-state index contributed by atoms with van der Waals surface area (Å²) in [6.07, 6.45) is 5.86. The van der Waals surface area contributed by atoms with Crippen molar-refractivity contribution < 1.29 is 23.4 Å². The van der Waals surface area contributed by atoms with Gasteiger partial charge in [0.1, 0.15) is 5.75 Å². The summed E-state index contributed by atoms with van der Waals surface area (Å²) < 4.78 is 22.8. The number of ether oxygens (including phenoxy) is 3. The van der Waals surface area contributed by atoms with E-state index in [4.69, 9.17) is 18.6 Å². The molecule has 0 radical (unpaired) electrons. The second-order valence-electron chi connectivity index (χ2n) is 9.56. The van der Waals surface area contributed by atoms with Gasteiger partial charge in [-0.1, -0.05) is 58.1 Å². The van der Waals surface area contributed by atoms with E-state index in [1.807, 2.05) is 43.3 Å². The molecule has 0 aromatic heterocycles. The van der Waals surface area contributed by atoms with Crippen LogP contribution < -0.4 is 4.74 Å². The molecule has 0 amide bonds. The van der Waals surface area contributed by atoms with Crippen LogP contribution in [0.4, 0.5) is 0 Å². The highest BCUT2D eigenvalue weighted by Gasteiger charge is 2.39. The minimum atomic E-state index is -2.00. The van der Waals surface area contributed by atoms with Crippen molar-refractivity contribution in [2.45, 2.75) is 72.4 Å². The summed E-state index contributed by atoms with van der Waals surface area (Å²) in [4.78, 5) is 12.1. The van der Waals surface area contributed by atoms with Gasteiger partial charge < -0.3 is 18.6 Å². The van der Waals surface area contributed by atoms with Gasteiger partial charge >= 0.3 is 5.97 Å². The summed E-state index contributed by atoms with van der Waals surface area (Å²) in [6.45, 7) is 18.2. The van der Waals surface area contributed by atoms with E-state index in [0.717, 1.165) is 11.3 Å². The Labute approximate surface area is 195 Å². The molecule has 0 bridgehead atoms. The number of hydrogen-bond donors (Lipinski definition) is 0. The van der Waals surface area contributed by atoms with Crippen molar-refractivity contribution in [1.29, 1.82) is 0 Å². The van der Waals surface area contributed by atoms with Crippen LogP contribution in [0.1, 0.15) is 47.1 Å². The highest BCUT2D eigenvalue weighted by atomic mass is 28.4. The Morgan fingerprint density at radius 3 is 2.31 bits per heavy atom. The first kappa shape index (κ1) is 28.1. The standard InChI is InChI=1S/C26H42O5Si/c1-10-30-25(27)21(3)18-20(2)24(31-32(8,9)26(4,5)6)12-11-17-29-19-22-13-15-23(28-7)16-14-22/h11-16,18,20,24H,10,17,19H2,1-9H3/b12-11+,21-18+/t20-,24-/m1/s1. The van der Waals surface area contributed by atoms with Crippen LogP contribution in [0, 0.1) is 5.92 Å². The Bertz CT molecular complexity index is 759.